The van der Waals surface area contributed by atoms with Gasteiger partial charge in [-0.3, -0.25) is 4.79 Å². The Balaban J connectivity index is 1.37. The van der Waals surface area contributed by atoms with Gasteiger partial charge in [0.25, 0.3) is 0 Å². The Bertz CT molecular complexity index is 794. The Morgan fingerprint density at radius 2 is 1.65 bits per heavy atom. The van der Waals surface area contributed by atoms with Gasteiger partial charge in [0.1, 0.15) is 0 Å². The molecule has 1 N–H and O–H groups in total. The summed E-state index contributed by atoms with van der Waals surface area (Å²) in [5.41, 5.74) is 1.05. The molecule has 6 nitrogen and oxygen atoms in total. The second-order valence-electron chi connectivity index (χ2n) is 9.30. The second-order valence-corrected chi connectivity index (χ2v) is 11.2. The molecular formula is C24H39N3O3S. The van der Waals surface area contributed by atoms with E-state index < -0.39 is 10.0 Å². The summed E-state index contributed by atoms with van der Waals surface area (Å²) in [4.78, 5) is 15.3. The number of piperidine rings is 1. The SMILES string of the molecule is Cc1ccc(S(=O)(=O)N2CCC(CC(=O)NCC[C@H](C)N3CCCCCC3)CC2)cc1. The lowest BCUT2D eigenvalue weighted by atomic mass is 9.94. The van der Waals surface area contributed by atoms with E-state index in [9.17, 15) is 13.2 Å². The predicted octanol–water partition coefficient (Wildman–Crippen LogP) is 3.56. The van der Waals surface area contributed by atoms with Crippen molar-refractivity contribution >= 4 is 15.9 Å². The molecule has 0 aliphatic carbocycles. The van der Waals surface area contributed by atoms with Crippen LogP contribution < -0.4 is 5.32 Å². The number of amides is 1. The van der Waals surface area contributed by atoms with Crippen molar-refractivity contribution in [1.29, 1.82) is 0 Å². The van der Waals surface area contributed by atoms with Gasteiger partial charge < -0.3 is 10.2 Å². The van der Waals surface area contributed by atoms with E-state index in [1.165, 1.54) is 38.8 Å². The van der Waals surface area contributed by atoms with Crippen LogP contribution in [0.3, 0.4) is 0 Å². The molecule has 0 unspecified atom stereocenters. The van der Waals surface area contributed by atoms with Gasteiger partial charge in [0, 0.05) is 32.1 Å². The highest BCUT2D eigenvalue weighted by molar-refractivity contribution is 7.89. The van der Waals surface area contributed by atoms with E-state index in [1.807, 2.05) is 19.1 Å². The van der Waals surface area contributed by atoms with Gasteiger partial charge in [-0.1, -0.05) is 30.5 Å². The Hall–Kier alpha value is -1.44. The van der Waals surface area contributed by atoms with Crippen molar-refractivity contribution in [3.05, 3.63) is 29.8 Å². The fraction of sp³-hybridized carbons (Fsp3) is 0.708. The predicted molar refractivity (Wildman–Crippen MR) is 124 cm³/mol. The highest BCUT2D eigenvalue weighted by atomic mass is 32.2. The van der Waals surface area contributed by atoms with E-state index >= 15 is 0 Å². The molecule has 1 aromatic carbocycles. The van der Waals surface area contributed by atoms with E-state index in [2.05, 4.69) is 17.1 Å². The van der Waals surface area contributed by atoms with Crippen LogP contribution in [0.4, 0.5) is 0 Å². The Kier molecular flexibility index (Phi) is 8.93. The zero-order valence-electron chi connectivity index (χ0n) is 19.2. The summed E-state index contributed by atoms with van der Waals surface area (Å²) in [5.74, 6) is 0.357. The number of carbonyl (C=O) groups is 1. The highest BCUT2D eigenvalue weighted by Crippen LogP contribution is 2.26. The molecule has 1 atom stereocenters. The monoisotopic (exact) mass is 449 g/mol. The van der Waals surface area contributed by atoms with Gasteiger partial charge in [-0.05, 0) is 77.1 Å². The first kappa shape index (κ1) is 24.2. The number of likely N-dealkylation sites (tertiary alicyclic amines) is 1. The molecule has 0 aromatic heterocycles. The molecule has 31 heavy (non-hydrogen) atoms. The lowest BCUT2D eigenvalue weighted by Crippen LogP contribution is -2.40. The van der Waals surface area contributed by atoms with Gasteiger partial charge in [-0.15, -0.1) is 0 Å². The van der Waals surface area contributed by atoms with Crippen LogP contribution in [-0.2, 0) is 14.8 Å². The summed E-state index contributed by atoms with van der Waals surface area (Å²) in [6.45, 7) is 8.26. The molecule has 2 heterocycles. The van der Waals surface area contributed by atoms with Crippen LogP contribution in [0.1, 0.15) is 63.9 Å². The highest BCUT2D eigenvalue weighted by Gasteiger charge is 2.30. The first-order valence-electron chi connectivity index (χ1n) is 11.9. The molecule has 0 bridgehead atoms. The summed E-state index contributed by atoms with van der Waals surface area (Å²) in [6, 6.07) is 7.52. The summed E-state index contributed by atoms with van der Waals surface area (Å²) >= 11 is 0. The maximum absolute atomic E-state index is 12.8. The zero-order valence-corrected chi connectivity index (χ0v) is 20.0. The van der Waals surface area contributed by atoms with Crippen molar-refractivity contribution in [3.63, 3.8) is 0 Å². The number of rotatable bonds is 8. The molecule has 7 heteroatoms. The molecular weight excluding hydrogens is 410 g/mol. The van der Waals surface area contributed by atoms with Crippen molar-refractivity contribution in [2.45, 2.75) is 76.2 Å². The second kappa shape index (κ2) is 11.4. The van der Waals surface area contributed by atoms with Crippen LogP contribution in [0, 0.1) is 12.8 Å². The lowest BCUT2D eigenvalue weighted by Gasteiger charge is -2.31. The summed E-state index contributed by atoms with van der Waals surface area (Å²) < 4.78 is 27.2. The Morgan fingerprint density at radius 3 is 2.26 bits per heavy atom. The van der Waals surface area contributed by atoms with Crippen molar-refractivity contribution in [1.82, 2.24) is 14.5 Å². The molecule has 174 valence electrons. The maximum atomic E-state index is 12.8. The van der Waals surface area contributed by atoms with Crippen molar-refractivity contribution in [3.8, 4) is 0 Å². The van der Waals surface area contributed by atoms with Gasteiger partial charge in [0.2, 0.25) is 15.9 Å². The summed E-state index contributed by atoms with van der Waals surface area (Å²) in [6.07, 6.45) is 8.21. The molecule has 2 fully saturated rings. The third-order valence-corrected chi connectivity index (χ3v) is 8.77. The van der Waals surface area contributed by atoms with E-state index in [1.54, 1.807) is 16.4 Å². The smallest absolute Gasteiger partial charge is 0.243 e. The third-order valence-electron chi connectivity index (χ3n) is 6.85. The largest absolute Gasteiger partial charge is 0.356 e. The average Bonchev–Trinajstić information content (AvgIpc) is 3.04. The lowest BCUT2D eigenvalue weighted by molar-refractivity contribution is -0.122. The molecule has 0 spiro atoms. The van der Waals surface area contributed by atoms with E-state index in [-0.39, 0.29) is 11.8 Å². The van der Waals surface area contributed by atoms with Crippen LogP contribution in [0.15, 0.2) is 29.2 Å². The van der Waals surface area contributed by atoms with Gasteiger partial charge in [0.05, 0.1) is 4.90 Å². The number of hydrogen-bond acceptors (Lipinski definition) is 4. The minimum Gasteiger partial charge on any atom is -0.356 e. The molecule has 1 aromatic rings. The topological polar surface area (TPSA) is 69.7 Å². The number of nitrogens with zero attached hydrogens (tertiary/aromatic N) is 2. The van der Waals surface area contributed by atoms with Crippen molar-refractivity contribution < 1.29 is 13.2 Å². The molecule has 3 rings (SSSR count). The molecule has 1 amide bonds. The van der Waals surface area contributed by atoms with Crippen LogP contribution in [-0.4, -0.2) is 62.3 Å². The average molecular weight is 450 g/mol. The number of aryl methyl sites for hydroxylation is 1. The van der Waals surface area contributed by atoms with Crippen LogP contribution in [0.25, 0.3) is 0 Å². The van der Waals surface area contributed by atoms with Crippen LogP contribution in [0.2, 0.25) is 0 Å². The minimum absolute atomic E-state index is 0.0999. The standard InChI is InChI=1S/C24H39N3O3S/c1-20-7-9-23(10-8-20)31(29,30)27-17-12-22(13-18-27)19-24(28)25-14-11-21(2)26-15-5-3-4-6-16-26/h7-10,21-22H,3-6,11-19H2,1-2H3,(H,25,28)/t21-/m0/s1. The zero-order chi connectivity index (χ0) is 22.3. The number of hydrogen-bond donors (Lipinski definition) is 1. The first-order valence-corrected chi connectivity index (χ1v) is 13.4. The fourth-order valence-electron chi connectivity index (χ4n) is 4.69. The van der Waals surface area contributed by atoms with Gasteiger partial charge in [-0.25, -0.2) is 8.42 Å². The van der Waals surface area contributed by atoms with E-state index in [0.29, 0.717) is 30.4 Å². The number of carbonyl (C=O) groups excluding carboxylic acids is 1. The fourth-order valence-corrected chi connectivity index (χ4v) is 6.16. The van der Waals surface area contributed by atoms with Crippen LogP contribution >= 0.6 is 0 Å². The number of benzene rings is 1. The maximum Gasteiger partial charge on any atom is 0.243 e. The molecule has 2 saturated heterocycles. The number of sulfonamides is 1. The van der Waals surface area contributed by atoms with E-state index in [4.69, 9.17) is 0 Å². The quantitative estimate of drug-likeness (QED) is 0.659. The van der Waals surface area contributed by atoms with Crippen molar-refractivity contribution in [2.24, 2.45) is 5.92 Å². The third kappa shape index (κ3) is 7.02. The van der Waals surface area contributed by atoms with Gasteiger partial charge in [-0.2, -0.15) is 4.31 Å². The summed E-state index contributed by atoms with van der Waals surface area (Å²) in [7, 11) is -3.44. The van der Waals surface area contributed by atoms with Gasteiger partial charge in [0.15, 0.2) is 0 Å². The molecule has 2 aliphatic heterocycles. The number of nitrogens with one attached hydrogen (secondary N) is 1. The first-order chi connectivity index (χ1) is 14.9. The normalized spacial score (nSPS) is 20.8. The molecule has 0 radical (unpaired) electrons. The minimum atomic E-state index is -3.44. The Labute approximate surface area is 188 Å². The van der Waals surface area contributed by atoms with Crippen molar-refractivity contribution in [2.75, 3.05) is 32.7 Å². The summed E-state index contributed by atoms with van der Waals surface area (Å²) in [5, 5.41) is 3.09. The Morgan fingerprint density at radius 1 is 1.03 bits per heavy atom. The van der Waals surface area contributed by atoms with Gasteiger partial charge >= 0.3 is 0 Å². The van der Waals surface area contributed by atoms with E-state index in [0.717, 1.165) is 31.4 Å². The molecule has 0 saturated carbocycles. The molecule has 2 aliphatic rings. The van der Waals surface area contributed by atoms with Crippen LogP contribution in [0.5, 0.6) is 0 Å².